The number of nitrogens with two attached hydrogens (primary N) is 1. The molecule has 0 bridgehead atoms. The first-order chi connectivity index (χ1) is 6.13. The molecular weight excluding hydrogens is 182 g/mol. The van der Waals surface area contributed by atoms with Gasteiger partial charge in [-0.05, 0) is 12.0 Å². The molecule has 0 saturated carbocycles. The summed E-state index contributed by atoms with van der Waals surface area (Å²) in [6.45, 7) is 5.18. The summed E-state index contributed by atoms with van der Waals surface area (Å²) in [6, 6.07) is 3.87. The smallest absolute Gasteiger partial charge is 0.129 e. The first-order valence-corrected chi connectivity index (χ1v) is 4.98. The lowest BCUT2D eigenvalue weighted by Gasteiger charge is -2.04. The molecule has 0 amide bonds. The van der Waals surface area contributed by atoms with E-state index in [0.717, 1.165) is 11.5 Å². The monoisotopic (exact) mass is 195 g/mol. The summed E-state index contributed by atoms with van der Waals surface area (Å²) < 4.78 is 0. The van der Waals surface area contributed by atoms with Crippen molar-refractivity contribution in [2.24, 2.45) is 5.92 Å². The number of anilines is 2. The molecule has 0 saturated heterocycles. The van der Waals surface area contributed by atoms with Gasteiger partial charge in [0, 0.05) is 6.54 Å². The lowest BCUT2D eigenvalue weighted by molar-refractivity contribution is 0.690. The van der Waals surface area contributed by atoms with Crippen molar-refractivity contribution in [3.05, 3.63) is 10.9 Å². The van der Waals surface area contributed by atoms with E-state index >= 15 is 0 Å². The third-order valence-electron chi connectivity index (χ3n) is 1.55. The summed E-state index contributed by atoms with van der Waals surface area (Å²) in [5.41, 5.74) is 6.17. The van der Waals surface area contributed by atoms with Crippen LogP contribution in [-0.4, -0.2) is 6.54 Å². The molecule has 1 aromatic heterocycles. The molecule has 1 aromatic rings. The van der Waals surface area contributed by atoms with Crippen LogP contribution in [-0.2, 0) is 0 Å². The summed E-state index contributed by atoms with van der Waals surface area (Å²) in [4.78, 5) is 0.589. The van der Waals surface area contributed by atoms with E-state index in [1.54, 1.807) is 0 Å². The predicted molar refractivity (Wildman–Crippen MR) is 56.8 cm³/mol. The second kappa shape index (κ2) is 4.15. The summed E-state index contributed by atoms with van der Waals surface area (Å²) in [5.74, 6) is 0.592. The highest BCUT2D eigenvalue weighted by atomic mass is 32.1. The molecule has 0 aliphatic heterocycles. The van der Waals surface area contributed by atoms with Gasteiger partial charge < -0.3 is 11.1 Å². The zero-order valence-electron chi connectivity index (χ0n) is 7.79. The van der Waals surface area contributed by atoms with Crippen molar-refractivity contribution in [1.29, 1.82) is 5.26 Å². The van der Waals surface area contributed by atoms with Gasteiger partial charge in [0.25, 0.3) is 0 Å². The molecular formula is C9H13N3S. The van der Waals surface area contributed by atoms with Crippen molar-refractivity contribution < 1.29 is 0 Å². The van der Waals surface area contributed by atoms with Crippen LogP contribution in [0.5, 0.6) is 0 Å². The number of thiophene rings is 1. The molecule has 1 rings (SSSR count). The number of nitrogens with zero attached hydrogens (tertiary/aromatic N) is 1. The highest BCUT2D eigenvalue weighted by Crippen LogP contribution is 2.28. The Labute approximate surface area is 82.2 Å². The van der Waals surface area contributed by atoms with Crippen LogP contribution < -0.4 is 11.1 Å². The van der Waals surface area contributed by atoms with Crippen LogP contribution in [0.2, 0.25) is 0 Å². The van der Waals surface area contributed by atoms with Gasteiger partial charge in [0.2, 0.25) is 0 Å². The average molecular weight is 195 g/mol. The Morgan fingerprint density at radius 3 is 2.85 bits per heavy atom. The van der Waals surface area contributed by atoms with Crippen LogP contribution in [0.4, 0.5) is 10.7 Å². The first-order valence-electron chi connectivity index (χ1n) is 4.16. The molecule has 3 nitrogen and oxygen atoms in total. The highest BCUT2D eigenvalue weighted by Gasteiger charge is 2.04. The summed E-state index contributed by atoms with van der Waals surface area (Å²) in [6.07, 6.45) is 0. The Morgan fingerprint density at radius 2 is 2.38 bits per heavy atom. The molecule has 0 aromatic carbocycles. The Kier molecular flexibility index (Phi) is 3.15. The van der Waals surface area contributed by atoms with E-state index in [-0.39, 0.29) is 0 Å². The van der Waals surface area contributed by atoms with Crippen LogP contribution in [0.1, 0.15) is 18.7 Å². The Bertz CT molecular complexity index is 322. The fourth-order valence-corrected chi connectivity index (χ4v) is 1.67. The van der Waals surface area contributed by atoms with Crippen LogP contribution in [0.15, 0.2) is 6.07 Å². The van der Waals surface area contributed by atoms with Crippen molar-refractivity contribution >= 4 is 22.0 Å². The molecule has 3 N–H and O–H groups in total. The molecule has 0 radical (unpaired) electrons. The van der Waals surface area contributed by atoms with Crippen molar-refractivity contribution in [3.63, 3.8) is 0 Å². The normalized spacial score (nSPS) is 10.0. The fraction of sp³-hybridized carbons (Fsp3) is 0.444. The molecule has 0 fully saturated rings. The molecule has 0 unspecified atom stereocenters. The van der Waals surface area contributed by atoms with Crippen LogP contribution in [0, 0.1) is 17.2 Å². The number of nitrogens with one attached hydrogen (secondary N) is 1. The maximum absolute atomic E-state index is 8.66. The van der Waals surface area contributed by atoms with E-state index in [1.807, 2.05) is 6.07 Å². The number of hydrogen-bond acceptors (Lipinski definition) is 4. The fourth-order valence-electron chi connectivity index (χ4n) is 0.884. The molecule has 4 heteroatoms. The minimum absolute atomic E-state index is 0.568. The molecule has 70 valence electrons. The van der Waals surface area contributed by atoms with Gasteiger partial charge in [0.15, 0.2) is 0 Å². The third kappa shape index (κ3) is 2.63. The second-order valence-corrected chi connectivity index (χ2v) is 4.33. The van der Waals surface area contributed by atoms with Crippen molar-refractivity contribution in [3.8, 4) is 6.07 Å². The van der Waals surface area contributed by atoms with Gasteiger partial charge >= 0.3 is 0 Å². The van der Waals surface area contributed by atoms with Gasteiger partial charge in [-0.2, -0.15) is 5.26 Å². The highest BCUT2D eigenvalue weighted by molar-refractivity contribution is 7.17. The minimum atomic E-state index is 0.568. The van der Waals surface area contributed by atoms with Gasteiger partial charge in [0.1, 0.15) is 10.9 Å². The molecule has 0 spiro atoms. The zero-order chi connectivity index (χ0) is 9.84. The summed E-state index contributed by atoms with van der Waals surface area (Å²) in [7, 11) is 0. The van der Waals surface area contributed by atoms with E-state index in [4.69, 9.17) is 11.0 Å². The topological polar surface area (TPSA) is 61.8 Å². The quantitative estimate of drug-likeness (QED) is 0.777. The van der Waals surface area contributed by atoms with Crippen LogP contribution >= 0.6 is 11.3 Å². The SMILES string of the molecule is CC(C)CNc1cc(N)c(C#N)s1. The Morgan fingerprint density at radius 1 is 1.69 bits per heavy atom. The minimum Gasteiger partial charge on any atom is -0.397 e. The number of hydrogen-bond donors (Lipinski definition) is 2. The predicted octanol–water partition coefficient (Wildman–Crippen LogP) is 2.27. The lowest BCUT2D eigenvalue weighted by atomic mass is 10.2. The largest absolute Gasteiger partial charge is 0.397 e. The first kappa shape index (κ1) is 9.87. The van der Waals surface area contributed by atoms with E-state index in [2.05, 4.69) is 25.2 Å². The van der Waals surface area contributed by atoms with Gasteiger partial charge in [-0.3, -0.25) is 0 Å². The van der Waals surface area contributed by atoms with Gasteiger partial charge in [-0.15, -0.1) is 11.3 Å². The van der Waals surface area contributed by atoms with Crippen LogP contribution in [0.25, 0.3) is 0 Å². The van der Waals surface area contributed by atoms with Gasteiger partial charge in [0.05, 0.1) is 10.7 Å². The van der Waals surface area contributed by atoms with Gasteiger partial charge in [-0.1, -0.05) is 13.8 Å². The summed E-state index contributed by atoms with van der Waals surface area (Å²) in [5, 5.41) is 12.9. The van der Waals surface area contributed by atoms with E-state index in [9.17, 15) is 0 Å². The number of nitriles is 1. The van der Waals surface area contributed by atoms with Crippen LogP contribution in [0.3, 0.4) is 0 Å². The van der Waals surface area contributed by atoms with E-state index in [1.165, 1.54) is 11.3 Å². The number of nitrogen functional groups attached to an aromatic ring is 1. The Hall–Kier alpha value is -1.21. The molecule has 13 heavy (non-hydrogen) atoms. The molecule has 0 aliphatic rings. The van der Waals surface area contributed by atoms with Crippen molar-refractivity contribution in [2.75, 3.05) is 17.6 Å². The zero-order valence-corrected chi connectivity index (χ0v) is 8.61. The third-order valence-corrected chi connectivity index (χ3v) is 2.56. The maximum Gasteiger partial charge on any atom is 0.129 e. The molecule has 0 aliphatic carbocycles. The van der Waals surface area contributed by atoms with Crippen molar-refractivity contribution in [2.45, 2.75) is 13.8 Å². The number of rotatable bonds is 3. The average Bonchev–Trinajstić information content (AvgIpc) is 2.43. The molecule has 1 heterocycles. The van der Waals surface area contributed by atoms with Gasteiger partial charge in [-0.25, -0.2) is 0 Å². The lowest BCUT2D eigenvalue weighted by Crippen LogP contribution is -2.06. The molecule has 0 atom stereocenters. The summed E-state index contributed by atoms with van der Waals surface area (Å²) >= 11 is 1.40. The second-order valence-electron chi connectivity index (χ2n) is 3.28. The van der Waals surface area contributed by atoms with E-state index < -0.39 is 0 Å². The maximum atomic E-state index is 8.66. The standard InChI is InChI=1S/C9H13N3S/c1-6(2)5-12-9-3-7(11)8(4-10)13-9/h3,6,12H,5,11H2,1-2H3. The Balaban J connectivity index is 2.64. The van der Waals surface area contributed by atoms with Crippen molar-refractivity contribution in [1.82, 2.24) is 0 Å². The van der Waals surface area contributed by atoms with E-state index in [0.29, 0.717) is 16.5 Å².